The number of hydrogen-bond acceptors (Lipinski definition) is 4. The molecule has 0 bridgehead atoms. The summed E-state index contributed by atoms with van der Waals surface area (Å²) >= 11 is 1.61. The maximum atomic E-state index is 11.7. The van der Waals surface area contributed by atoms with Gasteiger partial charge in [0.25, 0.3) is 5.91 Å². The van der Waals surface area contributed by atoms with Crippen LogP contribution in [0.3, 0.4) is 0 Å². The Morgan fingerprint density at radius 1 is 1.59 bits per heavy atom. The molecule has 2 heterocycles. The van der Waals surface area contributed by atoms with E-state index in [1.54, 1.807) is 24.5 Å². The summed E-state index contributed by atoms with van der Waals surface area (Å²) in [7, 11) is 1.63. The quantitative estimate of drug-likeness (QED) is 0.888. The van der Waals surface area contributed by atoms with Crippen LogP contribution in [0.15, 0.2) is 39.8 Å². The fourth-order valence-corrected chi connectivity index (χ4v) is 2.18. The van der Waals surface area contributed by atoms with Crippen molar-refractivity contribution >= 4 is 17.2 Å². The molecular formula is C12H13NO3S. The minimum Gasteiger partial charge on any atom is -0.472 e. The summed E-state index contributed by atoms with van der Waals surface area (Å²) in [6, 6.07) is 3.62. The maximum Gasteiger partial charge on any atom is 0.254 e. The molecule has 2 rings (SSSR count). The monoisotopic (exact) mass is 251 g/mol. The van der Waals surface area contributed by atoms with E-state index in [2.05, 4.69) is 5.32 Å². The number of carbonyl (C=O) groups excluding carboxylic acids is 1. The van der Waals surface area contributed by atoms with Gasteiger partial charge in [-0.1, -0.05) is 0 Å². The van der Waals surface area contributed by atoms with Crippen LogP contribution in [0.2, 0.25) is 0 Å². The van der Waals surface area contributed by atoms with Crippen molar-refractivity contribution in [2.24, 2.45) is 0 Å². The van der Waals surface area contributed by atoms with Gasteiger partial charge in [0.05, 0.1) is 11.8 Å². The van der Waals surface area contributed by atoms with E-state index < -0.39 is 0 Å². The summed E-state index contributed by atoms with van der Waals surface area (Å²) in [5, 5.41) is 6.80. The molecule has 5 heteroatoms. The lowest BCUT2D eigenvalue weighted by molar-refractivity contribution is 0.0828. The number of ether oxygens (including phenoxy) is 1. The molecule has 0 saturated carbocycles. The second kappa shape index (κ2) is 5.65. The number of thiophene rings is 1. The first-order chi connectivity index (χ1) is 8.31. The number of hydrogen-bond donors (Lipinski definition) is 1. The summed E-state index contributed by atoms with van der Waals surface area (Å²) in [6.07, 6.45) is 2.78. The molecule has 17 heavy (non-hydrogen) atoms. The van der Waals surface area contributed by atoms with Gasteiger partial charge in [0.1, 0.15) is 12.4 Å². The molecule has 90 valence electrons. The number of rotatable bonds is 5. The van der Waals surface area contributed by atoms with E-state index in [0.29, 0.717) is 12.1 Å². The second-order valence-corrected chi connectivity index (χ2v) is 4.28. The predicted octanol–water partition coefficient (Wildman–Crippen LogP) is 2.46. The zero-order valence-electron chi connectivity index (χ0n) is 9.38. The molecule has 4 nitrogen and oxygen atoms in total. The Hall–Kier alpha value is -1.59. The fourth-order valence-electron chi connectivity index (χ4n) is 1.48. The average Bonchev–Trinajstić information content (AvgIpc) is 3.02. The number of amides is 1. The molecular weight excluding hydrogens is 238 g/mol. The minimum absolute atomic E-state index is 0.114. The van der Waals surface area contributed by atoms with Gasteiger partial charge in [0.2, 0.25) is 0 Å². The van der Waals surface area contributed by atoms with Crippen molar-refractivity contribution in [2.45, 2.75) is 6.10 Å². The molecule has 0 aliphatic carbocycles. The molecule has 0 fully saturated rings. The summed E-state index contributed by atoms with van der Waals surface area (Å²) in [5.74, 6) is -0.156. The predicted molar refractivity (Wildman–Crippen MR) is 65.1 cm³/mol. The maximum absolute atomic E-state index is 11.7. The standard InChI is InChI=1S/C12H13NO3S/c1-15-11(10-3-5-17-8-10)6-13-12(14)9-2-4-16-7-9/h2-5,7-8,11H,6H2,1H3,(H,13,14). The highest BCUT2D eigenvalue weighted by molar-refractivity contribution is 7.07. The zero-order valence-corrected chi connectivity index (χ0v) is 10.2. The SMILES string of the molecule is COC(CNC(=O)c1ccoc1)c1ccsc1. The first-order valence-electron chi connectivity index (χ1n) is 5.16. The summed E-state index contributed by atoms with van der Waals surface area (Å²) < 4.78 is 10.2. The normalized spacial score (nSPS) is 12.3. The van der Waals surface area contributed by atoms with Crippen LogP contribution in [0.25, 0.3) is 0 Å². The van der Waals surface area contributed by atoms with Crippen LogP contribution >= 0.6 is 11.3 Å². The van der Waals surface area contributed by atoms with E-state index in [9.17, 15) is 4.79 Å². The fraction of sp³-hybridized carbons (Fsp3) is 0.250. The van der Waals surface area contributed by atoms with Crippen LogP contribution in [-0.2, 0) is 4.74 Å². The van der Waals surface area contributed by atoms with Crippen LogP contribution in [0.1, 0.15) is 22.0 Å². The molecule has 0 aliphatic heterocycles. The molecule has 1 atom stereocenters. The molecule has 0 aromatic carbocycles. The van der Waals surface area contributed by atoms with Crippen LogP contribution in [0.5, 0.6) is 0 Å². The van der Waals surface area contributed by atoms with Crippen molar-refractivity contribution in [2.75, 3.05) is 13.7 Å². The van der Waals surface area contributed by atoms with E-state index in [1.807, 2.05) is 16.8 Å². The summed E-state index contributed by atoms with van der Waals surface area (Å²) in [6.45, 7) is 0.442. The molecule has 0 radical (unpaired) electrons. The Balaban J connectivity index is 1.91. The lowest BCUT2D eigenvalue weighted by Crippen LogP contribution is -2.28. The molecule has 1 N–H and O–H groups in total. The molecule has 1 unspecified atom stereocenters. The zero-order chi connectivity index (χ0) is 12.1. The van der Waals surface area contributed by atoms with Gasteiger partial charge in [-0.3, -0.25) is 4.79 Å². The number of furan rings is 1. The van der Waals surface area contributed by atoms with Crippen molar-refractivity contribution in [1.82, 2.24) is 5.32 Å². The van der Waals surface area contributed by atoms with Gasteiger partial charge in [-0.2, -0.15) is 11.3 Å². The van der Waals surface area contributed by atoms with E-state index in [0.717, 1.165) is 5.56 Å². The van der Waals surface area contributed by atoms with E-state index in [-0.39, 0.29) is 12.0 Å². The Morgan fingerprint density at radius 2 is 2.47 bits per heavy atom. The minimum atomic E-state index is -0.156. The Labute approximate surface area is 103 Å². The Bertz CT molecular complexity index is 450. The smallest absolute Gasteiger partial charge is 0.254 e. The average molecular weight is 251 g/mol. The molecule has 2 aromatic rings. The molecule has 0 spiro atoms. The third-order valence-electron chi connectivity index (χ3n) is 2.43. The van der Waals surface area contributed by atoms with Crippen LogP contribution < -0.4 is 5.32 Å². The third-order valence-corrected chi connectivity index (χ3v) is 3.13. The van der Waals surface area contributed by atoms with Crippen LogP contribution in [0, 0.1) is 0 Å². The summed E-state index contributed by atoms with van der Waals surface area (Å²) in [5.41, 5.74) is 1.59. The summed E-state index contributed by atoms with van der Waals surface area (Å²) in [4.78, 5) is 11.7. The topological polar surface area (TPSA) is 51.5 Å². The Morgan fingerprint density at radius 3 is 3.06 bits per heavy atom. The highest BCUT2D eigenvalue weighted by Gasteiger charge is 2.13. The van der Waals surface area contributed by atoms with Gasteiger partial charge in [-0.15, -0.1) is 0 Å². The van der Waals surface area contributed by atoms with Gasteiger partial charge in [0.15, 0.2) is 0 Å². The van der Waals surface area contributed by atoms with Crippen molar-refractivity contribution < 1.29 is 13.9 Å². The largest absolute Gasteiger partial charge is 0.472 e. The van der Waals surface area contributed by atoms with Gasteiger partial charge < -0.3 is 14.5 Å². The van der Waals surface area contributed by atoms with E-state index in [1.165, 1.54) is 12.5 Å². The molecule has 0 aliphatic rings. The van der Waals surface area contributed by atoms with Crippen LogP contribution in [0.4, 0.5) is 0 Å². The highest BCUT2D eigenvalue weighted by Crippen LogP contribution is 2.18. The molecule has 0 saturated heterocycles. The lowest BCUT2D eigenvalue weighted by atomic mass is 10.2. The molecule has 1 amide bonds. The molecule has 2 aromatic heterocycles. The number of methoxy groups -OCH3 is 1. The Kier molecular flexibility index (Phi) is 3.95. The number of carbonyl (C=O) groups is 1. The first kappa shape index (κ1) is 11.9. The highest BCUT2D eigenvalue weighted by atomic mass is 32.1. The lowest BCUT2D eigenvalue weighted by Gasteiger charge is -2.14. The van der Waals surface area contributed by atoms with Crippen molar-refractivity contribution in [3.63, 3.8) is 0 Å². The van der Waals surface area contributed by atoms with Gasteiger partial charge >= 0.3 is 0 Å². The second-order valence-electron chi connectivity index (χ2n) is 3.50. The third kappa shape index (κ3) is 2.95. The van der Waals surface area contributed by atoms with Crippen molar-refractivity contribution in [1.29, 1.82) is 0 Å². The van der Waals surface area contributed by atoms with Gasteiger partial charge in [-0.05, 0) is 28.5 Å². The van der Waals surface area contributed by atoms with E-state index >= 15 is 0 Å². The van der Waals surface area contributed by atoms with Gasteiger partial charge in [0, 0.05) is 13.7 Å². The van der Waals surface area contributed by atoms with Crippen molar-refractivity contribution in [3.8, 4) is 0 Å². The van der Waals surface area contributed by atoms with Crippen molar-refractivity contribution in [3.05, 3.63) is 46.5 Å². The van der Waals surface area contributed by atoms with Crippen LogP contribution in [-0.4, -0.2) is 19.6 Å². The first-order valence-corrected chi connectivity index (χ1v) is 6.11. The van der Waals surface area contributed by atoms with Gasteiger partial charge in [-0.25, -0.2) is 0 Å². The number of nitrogens with one attached hydrogen (secondary N) is 1. The van der Waals surface area contributed by atoms with E-state index in [4.69, 9.17) is 9.15 Å².